The summed E-state index contributed by atoms with van der Waals surface area (Å²) in [6.45, 7) is -0.961. The lowest BCUT2D eigenvalue weighted by Crippen LogP contribution is -2.65. The van der Waals surface area contributed by atoms with E-state index in [9.17, 15) is 24.0 Å². The standard InChI is InChI=1S/C31H27FN2O8/c32-26-23(33-17-16-25(35)34(31(33)39)28(36)20-10-4-1-5-11-20)18-40-24(19-41-29(37)21-12-6-2-7-13-21)27(26)42-30(38)22-14-8-3-9-15-22/h1-15,23-24,26-27H,16-19H2/t23-,24-,26-,27?/m1/s1. The Morgan fingerprint density at radius 3 is 1.95 bits per heavy atom. The van der Waals surface area contributed by atoms with Gasteiger partial charge in [-0.15, -0.1) is 0 Å². The largest absolute Gasteiger partial charge is 0.459 e. The van der Waals surface area contributed by atoms with E-state index in [1.54, 1.807) is 66.7 Å². The van der Waals surface area contributed by atoms with Crippen LogP contribution in [0.5, 0.6) is 0 Å². The van der Waals surface area contributed by atoms with Gasteiger partial charge in [-0.2, -0.15) is 4.90 Å². The maximum Gasteiger partial charge on any atom is 0.338 e. The topological polar surface area (TPSA) is 120 Å². The number of amides is 4. The fourth-order valence-corrected chi connectivity index (χ4v) is 4.84. The Labute approximate surface area is 240 Å². The maximum atomic E-state index is 16.3. The maximum absolute atomic E-state index is 16.3. The molecule has 2 aliphatic rings. The first-order chi connectivity index (χ1) is 20.3. The minimum Gasteiger partial charge on any atom is -0.459 e. The van der Waals surface area contributed by atoms with Gasteiger partial charge in [0.05, 0.1) is 23.8 Å². The second-order valence-electron chi connectivity index (χ2n) is 9.71. The zero-order chi connectivity index (χ0) is 29.6. The van der Waals surface area contributed by atoms with Crippen LogP contribution in [0.15, 0.2) is 91.0 Å². The highest BCUT2D eigenvalue weighted by molar-refractivity contribution is 6.17. The van der Waals surface area contributed by atoms with Gasteiger partial charge in [0.2, 0.25) is 5.91 Å². The Kier molecular flexibility index (Phi) is 8.68. The quantitative estimate of drug-likeness (QED) is 0.310. The monoisotopic (exact) mass is 574 g/mol. The molecule has 0 radical (unpaired) electrons. The van der Waals surface area contributed by atoms with Gasteiger partial charge >= 0.3 is 18.0 Å². The van der Waals surface area contributed by atoms with Gasteiger partial charge in [0.25, 0.3) is 5.91 Å². The number of imide groups is 3. The highest BCUT2D eigenvalue weighted by atomic mass is 19.1. The number of halogens is 1. The van der Waals surface area contributed by atoms with Crippen LogP contribution in [0.3, 0.4) is 0 Å². The van der Waals surface area contributed by atoms with Gasteiger partial charge in [0, 0.05) is 18.5 Å². The number of carbonyl (C=O) groups is 5. The van der Waals surface area contributed by atoms with E-state index in [0.29, 0.717) is 4.90 Å². The van der Waals surface area contributed by atoms with Crippen molar-refractivity contribution in [1.82, 2.24) is 9.80 Å². The van der Waals surface area contributed by atoms with Crippen LogP contribution in [0, 0.1) is 0 Å². The second kappa shape index (κ2) is 12.7. The highest BCUT2D eigenvalue weighted by Crippen LogP contribution is 2.29. The summed E-state index contributed by atoms with van der Waals surface area (Å²) in [5.41, 5.74) is 0.548. The first-order valence-electron chi connectivity index (χ1n) is 13.3. The predicted molar refractivity (Wildman–Crippen MR) is 145 cm³/mol. The number of hydrogen-bond donors (Lipinski definition) is 0. The van der Waals surface area contributed by atoms with Crippen molar-refractivity contribution >= 4 is 29.8 Å². The van der Waals surface area contributed by atoms with Crippen LogP contribution >= 0.6 is 0 Å². The van der Waals surface area contributed by atoms with Crippen LogP contribution in [-0.4, -0.2) is 83.8 Å². The van der Waals surface area contributed by atoms with Gasteiger partial charge in [0.1, 0.15) is 12.7 Å². The molecule has 0 spiro atoms. The molecule has 4 atom stereocenters. The third-order valence-electron chi connectivity index (χ3n) is 7.05. The van der Waals surface area contributed by atoms with Crippen molar-refractivity contribution < 1.29 is 42.6 Å². The predicted octanol–water partition coefficient (Wildman–Crippen LogP) is 3.67. The molecule has 2 heterocycles. The van der Waals surface area contributed by atoms with E-state index in [1.807, 2.05) is 0 Å². The Balaban J connectivity index is 1.36. The van der Waals surface area contributed by atoms with Gasteiger partial charge in [-0.25, -0.2) is 18.8 Å². The van der Waals surface area contributed by atoms with Crippen molar-refractivity contribution in [3.05, 3.63) is 108 Å². The van der Waals surface area contributed by atoms with Gasteiger partial charge < -0.3 is 19.1 Å². The number of urea groups is 1. The fraction of sp³-hybridized carbons (Fsp3) is 0.258. The van der Waals surface area contributed by atoms with Crippen LogP contribution in [0.2, 0.25) is 0 Å². The zero-order valence-electron chi connectivity index (χ0n) is 22.3. The highest BCUT2D eigenvalue weighted by Gasteiger charge is 2.50. The molecule has 0 N–H and O–H groups in total. The normalized spacial score (nSPS) is 22.4. The van der Waals surface area contributed by atoms with E-state index >= 15 is 4.39 Å². The van der Waals surface area contributed by atoms with E-state index in [4.69, 9.17) is 14.2 Å². The molecule has 0 aromatic heterocycles. The minimum absolute atomic E-state index is 0.118. The molecule has 10 nitrogen and oxygen atoms in total. The van der Waals surface area contributed by atoms with Gasteiger partial charge in [0.15, 0.2) is 12.3 Å². The average molecular weight is 575 g/mol. The van der Waals surface area contributed by atoms with Crippen molar-refractivity contribution in [2.24, 2.45) is 0 Å². The molecule has 216 valence electrons. The molecular formula is C31H27FN2O8. The average Bonchev–Trinajstić information content (AvgIpc) is 3.03. The molecule has 11 heteroatoms. The van der Waals surface area contributed by atoms with E-state index < -0.39 is 60.8 Å². The smallest absolute Gasteiger partial charge is 0.338 e. The number of alkyl halides is 1. The van der Waals surface area contributed by atoms with Crippen molar-refractivity contribution in [2.75, 3.05) is 19.8 Å². The Morgan fingerprint density at radius 2 is 1.36 bits per heavy atom. The Hall–Kier alpha value is -4.90. The first-order valence-corrected chi connectivity index (χ1v) is 13.3. The minimum atomic E-state index is -2.00. The van der Waals surface area contributed by atoms with E-state index in [1.165, 1.54) is 24.3 Å². The molecule has 1 unspecified atom stereocenters. The molecule has 0 bridgehead atoms. The molecule has 4 amide bonds. The molecule has 2 fully saturated rings. The van der Waals surface area contributed by atoms with Crippen LogP contribution in [0.25, 0.3) is 0 Å². The Bertz CT molecular complexity index is 1450. The van der Waals surface area contributed by atoms with Gasteiger partial charge in [-0.05, 0) is 36.4 Å². The summed E-state index contributed by atoms with van der Waals surface area (Å²) >= 11 is 0. The molecule has 2 aliphatic heterocycles. The molecule has 42 heavy (non-hydrogen) atoms. The Morgan fingerprint density at radius 1 is 0.810 bits per heavy atom. The molecular weight excluding hydrogens is 547 g/mol. The zero-order valence-corrected chi connectivity index (χ0v) is 22.3. The summed E-state index contributed by atoms with van der Waals surface area (Å²) in [5.74, 6) is -3.06. The SMILES string of the molecule is O=C(OC[C@H]1OC[C@@H](N2CCC(=O)N(C(=O)c3ccccc3)C2=O)[C@@H](F)C1OC(=O)c1ccccc1)c1ccccc1. The van der Waals surface area contributed by atoms with Crippen LogP contribution in [0.4, 0.5) is 9.18 Å². The number of rotatable bonds is 7. The molecule has 3 aromatic rings. The first kappa shape index (κ1) is 28.6. The van der Waals surface area contributed by atoms with Crippen LogP contribution < -0.4 is 0 Å². The molecule has 0 aliphatic carbocycles. The summed E-state index contributed by atoms with van der Waals surface area (Å²) in [5, 5.41) is 0. The van der Waals surface area contributed by atoms with Crippen molar-refractivity contribution in [3.8, 4) is 0 Å². The second-order valence-corrected chi connectivity index (χ2v) is 9.71. The van der Waals surface area contributed by atoms with E-state index in [-0.39, 0.29) is 36.3 Å². The molecule has 3 aromatic carbocycles. The number of nitrogens with zero attached hydrogens (tertiary/aromatic N) is 2. The number of hydrogen-bond acceptors (Lipinski definition) is 8. The van der Waals surface area contributed by atoms with E-state index in [2.05, 4.69) is 0 Å². The number of esters is 2. The third-order valence-corrected chi connectivity index (χ3v) is 7.05. The fourth-order valence-electron chi connectivity index (χ4n) is 4.84. The van der Waals surface area contributed by atoms with Crippen molar-refractivity contribution in [3.63, 3.8) is 0 Å². The van der Waals surface area contributed by atoms with Crippen LogP contribution in [-0.2, 0) is 19.0 Å². The van der Waals surface area contributed by atoms with Gasteiger partial charge in [-0.1, -0.05) is 54.6 Å². The molecule has 5 rings (SSSR count). The summed E-state index contributed by atoms with van der Waals surface area (Å²) in [6, 6.07) is 21.6. The number of ether oxygens (including phenoxy) is 3. The van der Waals surface area contributed by atoms with Crippen molar-refractivity contribution in [2.45, 2.75) is 30.8 Å². The summed E-state index contributed by atoms with van der Waals surface area (Å²) < 4.78 is 33.0. The lowest BCUT2D eigenvalue weighted by atomic mass is 9.97. The van der Waals surface area contributed by atoms with Crippen molar-refractivity contribution in [1.29, 1.82) is 0 Å². The lowest BCUT2D eigenvalue weighted by molar-refractivity contribution is -0.161. The number of benzene rings is 3. The lowest BCUT2D eigenvalue weighted by Gasteiger charge is -2.44. The van der Waals surface area contributed by atoms with Gasteiger partial charge in [-0.3, -0.25) is 9.59 Å². The molecule has 2 saturated heterocycles. The molecule has 0 saturated carbocycles. The summed E-state index contributed by atoms with van der Waals surface area (Å²) in [7, 11) is 0. The number of carbonyl (C=O) groups excluding carboxylic acids is 5. The third kappa shape index (κ3) is 6.06. The summed E-state index contributed by atoms with van der Waals surface area (Å²) in [6.07, 6.45) is -5.00. The van der Waals surface area contributed by atoms with E-state index in [0.717, 1.165) is 4.90 Å². The summed E-state index contributed by atoms with van der Waals surface area (Å²) in [4.78, 5) is 66.0. The van der Waals surface area contributed by atoms with Crippen LogP contribution in [0.1, 0.15) is 37.5 Å².